The summed E-state index contributed by atoms with van der Waals surface area (Å²) in [4.78, 5) is 22.3. The molecule has 0 unspecified atom stereocenters. The minimum atomic E-state index is -0.0517. The molecule has 0 spiro atoms. The van der Waals surface area contributed by atoms with E-state index in [2.05, 4.69) is 228 Å². The Morgan fingerprint density at radius 1 is 0.486 bits per heavy atom. The molecule has 0 saturated heterocycles. The van der Waals surface area contributed by atoms with E-state index in [4.69, 9.17) is 4.74 Å². The fourth-order valence-electron chi connectivity index (χ4n) is 8.82. The van der Waals surface area contributed by atoms with Crippen molar-refractivity contribution in [2.24, 2.45) is 0 Å². The molecule has 0 N–H and O–H groups in total. The number of anilines is 9. The van der Waals surface area contributed by atoms with E-state index in [1.807, 2.05) is 42.5 Å². The van der Waals surface area contributed by atoms with Crippen molar-refractivity contribution in [1.82, 2.24) is 9.97 Å². The van der Waals surface area contributed by atoms with Crippen molar-refractivity contribution < 1.29 is 45.9 Å². The van der Waals surface area contributed by atoms with Gasteiger partial charge in [-0.3, -0.25) is 0 Å². The molecule has 8 aromatic rings. The molecule has 0 saturated carbocycles. The number of rotatable bonds is 11. The summed E-state index contributed by atoms with van der Waals surface area (Å²) in [5, 5.41) is 0. The average molecular weight is 1300 g/mol. The summed E-state index contributed by atoms with van der Waals surface area (Å²) in [6.45, 7) is 21.8. The third-order valence-electron chi connectivity index (χ3n) is 12.4. The minimum Gasteiger partial charge on any atom is -0.510 e. The maximum Gasteiger partial charge on any atom is 0.0326 e. The van der Waals surface area contributed by atoms with Gasteiger partial charge in [-0.2, -0.15) is 92.3 Å². The Hall–Kier alpha value is -6.44. The predicted molar refractivity (Wildman–Crippen MR) is 285 cm³/mol. The molecule has 11 rings (SSSR count). The molecular formula is C61H56IrN8OPt-8. The number of nitrogens with zero attached hydrogens (tertiary/aromatic N) is 8. The molecule has 1 radical (unpaired) electrons. The van der Waals surface area contributed by atoms with E-state index in [0.717, 1.165) is 48.7 Å². The molecule has 0 amide bonds. The van der Waals surface area contributed by atoms with Crippen molar-refractivity contribution in [3.05, 3.63) is 220 Å². The molecule has 72 heavy (non-hydrogen) atoms. The van der Waals surface area contributed by atoms with Gasteiger partial charge in [0.05, 0.1) is 0 Å². The molecule has 0 aliphatic carbocycles. The van der Waals surface area contributed by atoms with Gasteiger partial charge in [-0.1, -0.05) is 62.6 Å². The van der Waals surface area contributed by atoms with Gasteiger partial charge in [0.1, 0.15) is 0 Å². The van der Waals surface area contributed by atoms with Gasteiger partial charge in [0, 0.05) is 92.3 Å². The third kappa shape index (κ3) is 11.4. The number of benzene rings is 6. The van der Waals surface area contributed by atoms with Gasteiger partial charge in [-0.25, -0.2) is 6.07 Å². The van der Waals surface area contributed by atoms with E-state index < -0.39 is 0 Å². The molecule has 6 aromatic carbocycles. The first-order chi connectivity index (χ1) is 34.0. The fraction of sp³-hybridized carbons (Fsp3) is 0.197. The number of hydrogen-bond donors (Lipinski definition) is 0. The Balaban J connectivity index is 0.000000190. The van der Waals surface area contributed by atoms with Crippen LogP contribution in [0.15, 0.2) is 164 Å². The first-order valence-electron chi connectivity index (χ1n) is 23.9. The van der Waals surface area contributed by atoms with E-state index in [1.165, 1.54) is 34.0 Å². The zero-order valence-electron chi connectivity index (χ0n) is 41.3. The van der Waals surface area contributed by atoms with Crippen LogP contribution in [0.5, 0.6) is 11.5 Å². The SMILES string of the molecule is CC(C)(C)N1[CH-]N(c2[c-]c(Oc3[c-]c(-c4[c-]cccn4)ncc3)ccc2)c2ccccc21.CC(C)(C)c1c[c-]c(N2[CH-]N(CCCCN3[CH-]N(c4[c-]cccc4)c4ccccc43)c3ccccc32)cc1.[Ir].[Pt]. The van der Waals surface area contributed by atoms with Crippen LogP contribution < -0.4 is 34.1 Å². The monoisotopic (exact) mass is 1300 g/mol. The van der Waals surface area contributed by atoms with Crippen LogP contribution in [0.25, 0.3) is 11.4 Å². The minimum absolute atomic E-state index is 0. The van der Waals surface area contributed by atoms with Gasteiger partial charge < -0.3 is 44.1 Å². The summed E-state index contributed by atoms with van der Waals surface area (Å²) >= 11 is 0. The zero-order chi connectivity index (χ0) is 48.2. The summed E-state index contributed by atoms with van der Waals surface area (Å²) < 4.78 is 6.08. The molecule has 3 aliphatic rings. The molecule has 11 heteroatoms. The van der Waals surface area contributed by atoms with Crippen molar-refractivity contribution in [2.75, 3.05) is 42.5 Å². The van der Waals surface area contributed by atoms with Crippen LogP contribution in [0, 0.1) is 50.3 Å². The molecule has 2 aromatic heterocycles. The summed E-state index contributed by atoms with van der Waals surface area (Å²) in [7, 11) is 0. The molecule has 373 valence electrons. The maximum absolute atomic E-state index is 6.08. The predicted octanol–water partition coefficient (Wildman–Crippen LogP) is 14.4. The number of hydrogen-bond acceptors (Lipinski definition) is 9. The van der Waals surface area contributed by atoms with Crippen LogP contribution in [0.1, 0.15) is 59.9 Å². The summed E-state index contributed by atoms with van der Waals surface area (Å²) in [6.07, 6.45) is 5.57. The quantitative estimate of drug-likeness (QED) is 0.0931. The molecular weight excluding hydrogens is 1250 g/mol. The van der Waals surface area contributed by atoms with Gasteiger partial charge in [-0.15, -0.1) is 64.8 Å². The maximum atomic E-state index is 6.08. The van der Waals surface area contributed by atoms with E-state index >= 15 is 0 Å². The van der Waals surface area contributed by atoms with Gasteiger partial charge in [0.25, 0.3) is 0 Å². The number of fused-ring (bicyclic) bond motifs is 3. The van der Waals surface area contributed by atoms with Crippen molar-refractivity contribution in [1.29, 1.82) is 0 Å². The molecule has 9 nitrogen and oxygen atoms in total. The van der Waals surface area contributed by atoms with Gasteiger partial charge in [0.15, 0.2) is 0 Å². The van der Waals surface area contributed by atoms with Gasteiger partial charge >= 0.3 is 0 Å². The largest absolute Gasteiger partial charge is 0.510 e. The van der Waals surface area contributed by atoms with E-state index in [-0.39, 0.29) is 52.1 Å². The van der Waals surface area contributed by atoms with Crippen molar-refractivity contribution in [3.63, 3.8) is 0 Å². The summed E-state index contributed by atoms with van der Waals surface area (Å²) in [6, 6.07) is 68.1. The van der Waals surface area contributed by atoms with Crippen LogP contribution in [0.4, 0.5) is 51.2 Å². The second kappa shape index (κ2) is 22.5. The Morgan fingerprint density at radius 3 is 1.60 bits per heavy atom. The number of pyridine rings is 2. The number of unbranched alkanes of at least 4 members (excludes halogenated alkanes) is 1. The second-order valence-electron chi connectivity index (χ2n) is 19.4. The van der Waals surface area contributed by atoms with Crippen LogP contribution in [-0.4, -0.2) is 28.6 Å². The average Bonchev–Trinajstić information content (AvgIpc) is 4.08. The van der Waals surface area contributed by atoms with E-state index in [9.17, 15) is 0 Å². The Bertz CT molecular complexity index is 3040. The Kier molecular flexibility index (Phi) is 16.2. The summed E-state index contributed by atoms with van der Waals surface area (Å²) in [5.74, 6) is 1.14. The molecule has 0 fully saturated rings. The van der Waals surface area contributed by atoms with Crippen LogP contribution in [0.2, 0.25) is 0 Å². The van der Waals surface area contributed by atoms with E-state index in [1.54, 1.807) is 24.5 Å². The molecule has 5 heterocycles. The number of ether oxygens (including phenoxy) is 1. The van der Waals surface area contributed by atoms with Gasteiger partial charge in [0.2, 0.25) is 0 Å². The van der Waals surface area contributed by atoms with Crippen molar-refractivity contribution in [2.45, 2.75) is 65.3 Å². The van der Waals surface area contributed by atoms with Crippen molar-refractivity contribution >= 4 is 51.2 Å². The van der Waals surface area contributed by atoms with Crippen LogP contribution >= 0.6 is 0 Å². The standard InChI is InChI=1S/C34H34N4.C27H22N4O.Ir.Pt/c1-34(2,3)27-19-21-29(22-20-27)38-26-36(31-16-8-10-18-33(31)38)24-12-11-23-35-25-37(28-13-5-4-6-14-28)32-17-9-7-15-30(32)35;1-27(2,3)31-19-30(25-12-4-5-13-26(25)31)20-9-8-10-21(17-20)32-22-14-16-29-24(18-22)23-11-6-7-15-28-23;;/h4-10,13,15-21,25-26H,11-12,23-24H2,1-3H3;4-10,12-16,19H,1-3H3;;/q2*-4;;. The first-order valence-corrected chi connectivity index (χ1v) is 23.9. The molecule has 0 bridgehead atoms. The number of aromatic nitrogens is 2. The zero-order valence-corrected chi connectivity index (χ0v) is 46.0. The van der Waals surface area contributed by atoms with Crippen LogP contribution in [-0.2, 0) is 46.6 Å². The van der Waals surface area contributed by atoms with Crippen LogP contribution in [0.3, 0.4) is 0 Å². The molecule has 3 aliphatic heterocycles. The molecule has 0 atom stereocenters. The Morgan fingerprint density at radius 2 is 1.03 bits per heavy atom. The smallest absolute Gasteiger partial charge is 0.0326 e. The van der Waals surface area contributed by atoms with Crippen molar-refractivity contribution in [3.8, 4) is 22.9 Å². The normalized spacial score (nSPS) is 13.6. The summed E-state index contributed by atoms with van der Waals surface area (Å²) in [5.41, 5.74) is 12.8. The Labute approximate surface area is 454 Å². The van der Waals surface area contributed by atoms with E-state index in [0.29, 0.717) is 22.9 Å². The second-order valence-corrected chi connectivity index (χ2v) is 19.4. The third-order valence-corrected chi connectivity index (χ3v) is 12.4. The van der Waals surface area contributed by atoms with Gasteiger partial charge in [-0.05, 0) is 95.5 Å². The topological polar surface area (TPSA) is 54.5 Å². The number of para-hydroxylation sites is 7. The first kappa shape index (κ1) is 51.9. The fourth-order valence-corrected chi connectivity index (χ4v) is 8.82.